The van der Waals surface area contributed by atoms with Crippen LogP contribution in [0.3, 0.4) is 0 Å². The van der Waals surface area contributed by atoms with Crippen LogP contribution in [0.25, 0.3) is 11.4 Å². The fourth-order valence-electron chi connectivity index (χ4n) is 3.09. The van der Waals surface area contributed by atoms with Gasteiger partial charge in [-0.3, -0.25) is 4.79 Å². The van der Waals surface area contributed by atoms with Crippen molar-refractivity contribution in [2.45, 2.75) is 13.5 Å². The molecule has 3 aromatic carbocycles. The summed E-state index contributed by atoms with van der Waals surface area (Å²) >= 11 is 12.3. The molecule has 0 aliphatic carbocycles. The lowest BCUT2D eigenvalue weighted by atomic mass is 10.1. The van der Waals surface area contributed by atoms with Crippen molar-refractivity contribution < 1.29 is 9.53 Å². The van der Waals surface area contributed by atoms with Gasteiger partial charge in [-0.25, -0.2) is 0 Å². The van der Waals surface area contributed by atoms with Crippen molar-refractivity contribution in [1.82, 2.24) is 14.8 Å². The van der Waals surface area contributed by atoms with Gasteiger partial charge in [0.1, 0.15) is 5.75 Å². The van der Waals surface area contributed by atoms with Gasteiger partial charge in [0.15, 0.2) is 5.82 Å². The molecule has 1 aromatic heterocycles. The van der Waals surface area contributed by atoms with Gasteiger partial charge in [0.05, 0.1) is 17.7 Å². The maximum atomic E-state index is 13.3. The number of halogens is 2. The first-order valence-corrected chi connectivity index (χ1v) is 10.6. The van der Waals surface area contributed by atoms with Gasteiger partial charge < -0.3 is 10.1 Å². The van der Waals surface area contributed by atoms with Gasteiger partial charge in [-0.15, -0.1) is 5.10 Å². The molecule has 0 bridgehead atoms. The summed E-state index contributed by atoms with van der Waals surface area (Å²) in [7, 11) is 1.62. The summed E-state index contributed by atoms with van der Waals surface area (Å²) < 4.78 is 6.43. The molecule has 0 radical (unpaired) electrons. The summed E-state index contributed by atoms with van der Waals surface area (Å²) in [5.74, 6) is 1.11. The lowest BCUT2D eigenvalue weighted by Gasteiger charge is -2.09. The number of benzene rings is 3. The molecule has 1 heterocycles. The largest absolute Gasteiger partial charge is 0.497 e. The highest BCUT2D eigenvalue weighted by Crippen LogP contribution is 2.25. The molecule has 0 saturated heterocycles. The van der Waals surface area contributed by atoms with Crippen molar-refractivity contribution in [3.05, 3.63) is 93.5 Å². The van der Waals surface area contributed by atoms with Crippen molar-refractivity contribution in [3.8, 4) is 17.1 Å². The second kappa shape index (κ2) is 9.42. The van der Waals surface area contributed by atoms with Crippen LogP contribution in [0, 0.1) is 6.92 Å². The summed E-state index contributed by atoms with van der Waals surface area (Å²) in [6.45, 7) is 2.45. The maximum Gasteiger partial charge on any atom is 0.282 e. The van der Waals surface area contributed by atoms with E-state index in [2.05, 4.69) is 15.4 Å². The Kier molecular flexibility index (Phi) is 6.44. The quantitative estimate of drug-likeness (QED) is 0.384. The fraction of sp³-hybridized carbons (Fsp3) is 0.125. The van der Waals surface area contributed by atoms with Crippen LogP contribution in [0.15, 0.2) is 66.7 Å². The number of nitrogens with one attached hydrogen (secondary N) is 1. The van der Waals surface area contributed by atoms with Crippen LogP contribution in [0.5, 0.6) is 5.75 Å². The van der Waals surface area contributed by atoms with Gasteiger partial charge >= 0.3 is 0 Å². The molecule has 0 aliphatic rings. The molecule has 0 fully saturated rings. The molecule has 0 aliphatic heterocycles. The minimum Gasteiger partial charge on any atom is -0.497 e. The highest BCUT2D eigenvalue weighted by molar-refractivity contribution is 6.36. The number of anilines is 1. The fourth-order valence-corrected chi connectivity index (χ4v) is 3.58. The Hall–Kier alpha value is -3.35. The van der Waals surface area contributed by atoms with E-state index in [0.29, 0.717) is 23.3 Å². The number of aryl methyl sites for hydroxylation is 1. The Bertz CT molecular complexity index is 1250. The molecule has 0 unspecified atom stereocenters. The minimum absolute atomic E-state index is 0.246. The van der Waals surface area contributed by atoms with Crippen molar-refractivity contribution in [2.24, 2.45) is 0 Å². The first-order chi connectivity index (χ1) is 15.4. The zero-order chi connectivity index (χ0) is 22.7. The maximum absolute atomic E-state index is 13.3. The first-order valence-electron chi connectivity index (χ1n) is 9.85. The molecule has 162 valence electrons. The van der Waals surface area contributed by atoms with Crippen LogP contribution in [0.4, 0.5) is 5.95 Å². The van der Waals surface area contributed by atoms with E-state index < -0.39 is 5.91 Å². The minimum atomic E-state index is -0.408. The van der Waals surface area contributed by atoms with Crippen molar-refractivity contribution in [2.75, 3.05) is 12.4 Å². The van der Waals surface area contributed by atoms with E-state index in [0.717, 1.165) is 22.4 Å². The molecular weight excluding hydrogens is 447 g/mol. The number of carbonyl (C=O) groups is 1. The summed E-state index contributed by atoms with van der Waals surface area (Å²) in [4.78, 5) is 17.8. The molecule has 0 saturated carbocycles. The molecule has 8 heteroatoms. The lowest BCUT2D eigenvalue weighted by molar-refractivity contribution is 0.0947. The third-order valence-electron chi connectivity index (χ3n) is 4.88. The number of nitrogens with zero attached hydrogens (tertiary/aromatic N) is 3. The monoisotopic (exact) mass is 466 g/mol. The highest BCUT2D eigenvalue weighted by Gasteiger charge is 2.21. The van der Waals surface area contributed by atoms with Gasteiger partial charge in [-0.05, 0) is 42.8 Å². The Morgan fingerprint density at radius 2 is 1.75 bits per heavy atom. The molecule has 4 aromatic rings. The van der Waals surface area contributed by atoms with Crippen LogP contribution < -0.4 is 10.1 Å². The van der Waals surface area contributed by atoms with Crippen molar-refractivity contribution in [3.63, 3.8) is 0 Å². The van der Waals surface area contributed by atoms with Crippen LogP contribution in [-0.2, 0) is 6.54 Å². The number of methoxy groups -OCH3 is 1. The number of rotatable bonds is 6. The van der Waals surface area contributed by atoms with E-state index in [1.165, 1.54) is 10.7 Å². The van der Waals surface area contributed by atoms with E-state index in [-0.39, 0.29) is 10.6 Å². The Morgan fingerprint density at radius 1 is 1.03 bits per heavy atom. The van der Waals surface area contributed by atoms with Crippen molar-refractivity contribution >= 4 is 35.1 Å². The number of ether oxygens (including phenoxy) is 1. The van der Waals surface area contributed by atoms with E-state index in [4.69, 9.17) is 27.9 Å². The number of carbonyl (C=O) groups excluding carboxylic acids is 1. The summed E-state index contributed by atoms with van der Waals surface area (Å²) in [5, 5.41) is 8.37. The van der Waals surface area contributed by atoms with Crippen LogP contribution in [0.1, 0.15) is 21.5 Å². The van der Waals surface area contributed by atoms with Gasteiger partial charge in [0.25, 0.3) is 5.91 Å². The van der Waals surface area contributed by atoms with Crippen molar-refractivity contribution in [1.29, 1.82) is 0 Å². The summed E-state index contributed by atoms with van der Waals surface area (Å²) in [6.07, 6.45) is 0. The zero-order valence-electron chi connectivity index (χ0n) is 17.5. The van der Waals surface area contributed by atoms with Gasteiger partial charge in [0.2, 0.25) is 5.95 Å². The number of hydrogen-bond acceptors (Lipinski definition) is 5. The average Bonchev–Trinajstić information content (AvgIpc) is 3.22. The third kappa shape index (κ3) is 4.77. The standard InChI is InChI=1S/C24H20Cl2N4O2/c1-15-3-7-17(8-4-15)22-28-24(27-14-16-5-10-19(32-2)11-6-16)30(29-22)23(31)20-12-9-18(25)13-21(20)26/h3-13H,14H2,1-2H3,(H,27,28,29). The zero-order valence-corrected chi connectivity index (χ0v) is 19.0. The Labute approximate surface area is 195 Å². The van der Waals surface area contributed by atoms with E-state index in [9.17, 15) is 4.79 Å². The number of hydrogen-bond donors (Lipinski definition) is 1. The molecule has 0 amide bonds. The third-order valence-corrected chi connectivity index (χ3v) is 5.43. The van der Waals surface area contributed by atoms with Gasteiger partial charge in [-0.1, -0.05) is 65.2 Å². The molecule has 4 rings (SSSR count). The van der Waals surface area contributed by atoms with Gasteiger partial charge in [-0.2, -0.15) is 9.67 Å². The smallest absolute Gasteiger partial charge is 0.282 e. The van der Waals surface area contributed by atoms with E-state index in [1.54, 1.807) is 19.2 Å². The SMILES string of the molecule is COc1ccc(CNc2nc(-c3ccc(C)cc3)nn2C(=O)c2ccc(Cl)cc2Cl)cc1. The summed E-state index contributed by atoms with van der Waals surface area (Å²) in [5.41, 5.74) is 3.20. The second-order valence-electron chi connectivity index (χ2n) is 7.17. The van der Waals surface area contributed by atoms with Crippen LogP contribution in [-0.4, -0.2) is 27.8 Å². The average molecular weight is 467 g/mol. The number of aromatic nitrogens is 3. The highest BCUT2D eigenvalue weighted by atomic mass is 35.5. The topological polar surface area (TPSA) is 69.0 Å². The Morgan fingerprint density at radius 3 is 2.41 bits per heavy atom. The van der Waals surface area contributed by atoms with Gasteiger partial charge in [0, 0.05) is 17.1 Å². The normalized spacial score (nSPS) is 10.8. The molecule has 6 nitrogen and oxygen atoms in total. The second-order valence-corrected chi connectivity index (χ2v) is 8.01. The molecule has 0 spiro atoms. The Balaban J connectivity index is 1.69. The molecule has 1 N–H and O–H groups in total. The van der Waals surface area contributed by atoms with E-state index >= 15 is 0 Å². The first kappa shape index (κ1) is 21.9. The predicted octanol–water partition coefficient (Wildman–Crippen LogP) is 5.87. The molecule has 32 heavy (non-hydrogen) atoms. The lowest BCUT2D eigenvalue weighted by Crippen LogP contribution is -2.18. The van der Waals surface area contributed by atoms with E-state index in [1.807, 2.05) is 55.5 Å². The predicted molar refractivity (Wildman–Crippen MR) is 127 cm³/mol. The van der Waals surface area contributed by atoms with Crippen LogP contribution >= 0.6 is 23.2 Å². The van der Waals surface area contributed by atoms with Crippen LogP contribution in [0.2, 0.25) is 10.0 Å². The molecule has 0 atom stereocenters. The summed E-state index contributed by atoms with van der Waals surface area (Å²) in [6, 6.07) is 20.1. The molecular formula is C24H20Cl2N4O2.